The zero-order valence-electron chi connectivity index (χ0n) is 8.45. The highest BCUT2D eigenvalue weighted by atomic mass is 32.1. The number of aryl methyl sites for hydroxylation is 1. The number of esters is 1. The molecule has 3 nitrogen and oxygen atoms in total. The van der Waals surface area contributed by atoms with Crippen LogP contribution >= 0.6 is 11.3 Å². The van der Waals surface area contributed by atoms with Gasteiger partial charge >= 0.3 is 5.97 Å². The molecule has 0 saturated carbocycles. The normalized spacial score (nSPS) is 12.5. The van der Waals surface area contributed by atoms with Crippen LogP contribution in [0.25, 0.3) is 0 Å². The maximum Gasteiger partial charge on any atom is 0.305 e. The van der Waals surface area contributed by atoms with Crippen LogP contribution in [0.4, 0.5) is 0 Å². The first-order valence-electron chi connectivity index (χ1n) is 4.51. The van der Waals surface area contributed by atoms with E-state index in [0.29, 0.717) is 12.8 Å². The molecule has 1 aromatic rings. The number of ether oxygens (including phenoxy) is 1. The summed E-state index contributed by atoms with van der Waals surface area (Å²) in [6, 6.07) is 1.99. The van der Waals surface area contributed by atoms with E-state index in [1.165, 1.54) is 12.7 Å². The summed E-state index contributed by atoms with van der Waals surface area (Å²) in [4.78, 5) is 12.1. The molecule has 0 spiro atoms. The third-order valence-corrected chi connectivity index (χ3v) is 3.28. The molecule has 78 valence electrons. The van der Waals surface area contributed by atoms with Crippen molar-refractivity contribution in [1.82, 2.24) is 0 Å². The molecule has 0 bridgehead atoms. The number of thiophene rings is 1. The molecule has 1 unspecified atom stereocenters. The second kappa shape index (κ2) is 5.12. The van der Waals surface area contributed by atoms with E-state index in [1.54, 1.807) is 11.3 Å². The number of nitrogens with two attached hydrogens (primary N) is 1. The van der Waals surface area contributed by atoms with Crippen LogP contribution in [0.2, 0.25) is 0 Å². The van der Waals surface area contributed by atoms with Gasteiger partial charge in [-0.15, -0.1) is 11.3 Å². The van der Waals surface area contributed by atoms with Crippen molar-refractivity contribution in [3.8, 4) is 0 Å². The van der Waals surface area contributed by atoms with Gasteiger partial charge in [-0.25, -0.2) is 0 Å². The molecule has 0 radical (unpaired) electrons. The summed E-state index contributed by atoms with van der Waals surface area (Å²) < 4.78 is 4.56. The first-order valence-corrected chi connectivity index (χ1v) is 5.39. The molecule has 1 heterocycles. The lowest BCUT2D eigenvalue weighted by molar-refractivity contribution is -0.140. The van der Waals surface area contributed by atoms with E-state index in [0.717, 1.165) is 4.88 Å². The SMILES string of the molecule is COC(=O)CCC(N)c1sccc1C. The molecule has 0 aromatic carbocycles. The largest absolute Gasteiger partial charge is 0.469 e. The topological polar surface area (TPSA) is 52.3 Å². The number of rotatable bonds is 4. The molecule has 2 N–H and O–H groups in total. The van der Waals surface area contributed by atoms with Crippen molar-refractivity contribution < 1.29 is 9.53 Å². The minimum atomic E-state index is -0.199. The Bertz CT molecular complexity index is 309. The summed E-state index contributed by atoms with van der Waals surface area (Å²) in [5.74, 6) is -0.199. The van der Waals surface area contributed by atoms with Crippen molar-refractivity contribution in [1.29, 1.82) is 0 Å². The summed E-state index contributed by atoms with van der Waals surface area (Å²) in [6.45, 7) is 2.03. The van der Waals surface area contributed by atoms with E-state index in [9.17, 15) is 4.79 Å². The maximum atomic E-state index is 10.9. The highest BCUT2D eigenvalue weighted by Crippen LogP contribution is 2.25. The van der Waals surface area contributed by atoms with Gasteiger partial charge in [0, 0.05) is 17.3 Å². The average Bonchev–Trinajstić information content (AvgIpc) is 2.60. The summed E-state index contributed by atoms with van der Waals surface area (Å²) >= 11 is 1.64. The van der Waals surface area contributed by atoms with Gasteiger partial charge in [0.25, 0.3) is 0 Å². The third kappa shape index (κ3) is 2.82. The van der Waals surface area contributed by atoms with Gasteiger partial charge in [0.05, 0.1) is 7.11 Å². The lowest BCUT2D eigenvalue weighted by Crippen LogP contribution is -2.12. The number of carbonyl (C=O) groups is 1. The van der Waals surface area contributed by atoms with Gasteiger partial charge in [0.2, 0.25) is 0 Å². The smallest absolute Gasteiger partial charge is 0.305 e. The molecule has 0 aliphatic carbocycles. The van der Waals surface area contributed by atoms with Crippen LogP contribution < -0.4 is 5.73 Å². The van der Waals surface area contributed by atoms with Gasteiger partial charge in [0.1, 0.15) is 0 Å². The molecule has 0 saturated heterocycles. The molecule has 1 rings (SSSR count). The van der Waals surface area contributed by atoms with E-state index in [1.807, 2.05) is 18.4 Å². The Labute approximate surface area is 87.9 Å². The fourth-order valence-corrected chi connectivity index (χ4v) is 2.24. The van der Waals surface area contributed by atoms with Crippen molar-refractivity contribution >= 4 is 17.3 Å². The number of methoxy groups -OCH3 is 1. The Morgan fingerprint density at radius 1 is 1.71 bits per heavy atom. The molecule has 4 heteroatoms. The quantitative estimate of drug-likeness (QED) is 0.778. The highest BCUT2D eigenvalue weighted by Gasteiger charge is 2.12. The lowest BCUT2D eigenvalue weighted by Gasteiger charge is -2.09. The van der Waals surface area contributed by atoms with Crippen molar-refractivity contribution in [2.75, 3.05) is 7.11 Å². The van der Waals surface area contributed by atoms with Crippen molar-refractivity contribution in [3.05, 3.63) is 21.9 Å². The summed E-state index contributed by atoms with van der Waals surface area (Å²) in [6.07, 6.45) is 1.03. The Hall–Kier alpha value is -0.870. The van der Waals surface area contributed by atoms with E-state index in [-0.39, 0.29) is 12.0 Å². The van der Waals surface area contributed by atoms with Crippen LogP contribution in [-0.2, 0) is 9.53 Å². The maximum absolute atomic E-state index is 10.9. The van der Waals surface area contributed by atoms with Crippen LogP contribution in [0.3, 0.4) is 0 Å². The third-order valence-electron chi connectivity index (χ3n) is 2.13. The van der Waals surface area contributed by atoms with Crippen LogP contribution in [0.1, 0.15) is 29.3 Å². The van der Waals surface area contributed by atoms with Gasteiger partial charge in [-0.1, -0.05) is 0 Å². The van der Waals surface area contributed by atoms with Crippen LogP contribution in [-0.4, -0.2) is 13.1 Å². The molecular weight excluding hydrogens is 198 g/mol. The molecule has 1 aromatic heterocycles. The van der Waals surface area contributed by atoms with E-state index >= 15 is 0 Å². The average molecular weight is 213 g/mol. The standard InChI is InChI=1S/C10H15NO2S/c1-7-5-6-14-10(7)8(11)3-4-9(12)13-2/h5-6,8H,3-4,11H2,1-2H3. The number of hydrogen-bond donors (Lipinski definition) is 1. The Kier molecular flexibility index (Phi) is 4.10. The predicted molar refractivity (Wildman–Crippen MR) is 57.2 cm³/mol. The van der Waals surface area contributed by atoms with Gasteiger partial charge in [-0.05, 0) is 30.4 Å². The van der Waals surface area contributed by atoms with Crippen LogP contribution in [0, 0.1) is 6.92 Å². The number of carbonyl (C=O) groups excluding carboxylic acids is 1. The Morgan fingerprint density at radius 3 is 2.93 bits per heavy atom. The summed E-state index contributed by atoms with van der Waals surface area (Å²) in [5.41, 5.74) is 7.15. The minimum Gasteiger partial charge on any atom is -0.469 e. The first kappa shape index (κ1) is 11.2. The molecule has 14 heavy (non-hydrogen) atoms. The summed E-state index contributed by atoms with van der Waals surface area (Å²) in [7, 11) is 1.39. The van der Waals surface area contributed by atoms with Crippen LogP contribution in [0.5, 0.6) is 0 Å². The molecule has 0 fully saturated rings. The molecule has 0 aliphatic heterocycles. The predicted octanol–water partition coefficient (Wildman–Crippen LogP) is 2.01. The van der Waals surface area contributed by atoms with Crippen molar-refractivity contribution in [3.63, 3.8) is 0 Å². The molecular formula is C10H15NO2S. The van der Waals surface area contributed by atoms with Crippen molar-refractivity contribution in [2.24, 2.45) is 5.73 Å². The summed E-state index contributed by atoms with van der Waals surface area (Å²) in [5, 5.41) is 2.02. The number of hydrogen-bond acceptors (Lipinski definition) is 4. The second-order valence-corrected chi connectivity index (χ2v) is 4.14. The Morgan fingerprint density at radius 2 is 2.43 bits per heavy atom. The van der Waals surface area contributed by atoms with Gasteiger partial charge in [0.15, 0.2) is 0 Å². The molecule has 0 aliphatic rings. The zero-order valence-corrected chi connectivity index (χ0v) is 9.26. The van der Waals surface area contributed by atoms with E-state index in [4.69, 9.17) is 5.73 Å². The molecule has 1 atom stereocenters. The van der Waals surface area contributed by atoms with Gasteiger partial charge in [-0.3, -0.25) is 4.79 Å². The second-order valence-electron chi connectivity index (χ2n) is 3.19. The first-order chi connectivity index (χ1) is 6.65. The highest BCUT2D eigenvalue weighted by molar-refractivity contribution is 7.10. The van der Waals surface area contributed by atoms with Crippen molar-refractivity contribution in [2.45, 2.75) is 25.8 Å². The fourth-order valence-electron chi connectivity index (χ4n) is 1.27. The Balaban J connectivity index is 2.47. The van der Waals surface area contributed by atoms with E-state index in [2.05, 4.69) is 4.74 Å². The lowest BCUT2D eigenvalue weighted by atomic mass is 10.1. The van der Waals surface area contributed by atoms with Gasteiger partial charge in [-0.2, -0.15) is 0 Å². The fraction of sp³-hybridized carbons (Fsp3) is 0.500. The monoisotopic (exact) mass is 213 g/mol. The van der Waals surface area contributed by atoms with Crippen LogP contribution in [0.15, 0.2) is 11.4 Å². The zero-order chi connectivity index (χ0) is 10.6. The minimum absolute atomic E-state index is 0.0471. The molecule has 0 amide bonds. The van der Waals surface area contributed by atoms with Gasteiger partial charge < -0.3 is 10.5 Å². The van der Waals surface area contributed by atoms with E-state index < -0.39 is 0 Å².